The van der Waals surface area contributed by atoms with Gasteiger partial charge in [-0.25, -0.2) is 0 Å². The van der Waals surface area contributed by atoms with E-state index in [1.807, 2.05) is 12.1 Å². The van der Waals surface area contributed by atoms with E-state index in [9.17, 15) is 0 Å². The molecule has 0 fully saturated rings. The summed E-state index contributed by atoms with van der Waals surface area (Å²) in [7, 11) is 0. The summed E-state index contributed by atoms with van der Waals surface area (Å²) in [5, 5.41) is 0. The van der Waals surface area contributed by atoms with Crippen molar-refractivity contribution in [1.82, 2.24) is 0 Å². The monoisotopic (exact) mass is 352 g/mol. The smallest absolute Gasteiger partial charge is 0.128 e. The fourth-order valence-corrected chi connectivity index (χ4v) is 2.21. The molecule has 0 aliphatic carbocycles. The third-order valence-electron chi connectivity index (χ3n) is 2.98. The van der Waals surface area contributed by atoms with Crippen LogP contribution >= 0.6 is 22.6 Å². The van der Waals surface area contributed by atoms with E-state index in [4.69, 9.17) is 4.74 Å². The molecule has 0 saturated heterocycles. The third-order valence-corrected chi connectivity index (χ3v) is 4.68. The van der Waals surface area contributed by atoms with E-state index in [0.29, 0.717) is 0 Å². The zero-order valence-corrected chi connectivity index (χ0v) is 13.1. The van der Waals surface area contributed by atoms with Gasteiger partial charge in [0, 0.05) is 3.57 Å². The molecule has 0 aliphatic rings. The molecule has 0 radical (unpaired) electrons. The molecule has 1 nitrogen and oxygen atoms in total. The number of aryl methyl sites for hydroxylation is 3. The van der Waals surface area contributed by atoms with Crippen molar-refractivity contribution in [3.8, 4) is 11.5 Å². The highest BCUT2D eigenvalue weighted by Gasteiger charge is 2.04. The highest BCUT2D eigenvalue weighted by molar-refractivity contribution is 14.1. The number of hydrogen-bond acceptors (Lipinski definition) is 1. The second kappa shape index (κ2) is 5.74. The van der Waals surface area contributed by atoms with Gasteiger partial charge in [0.05, 0.1) is 0 Å². The lowest BCUT2D eigenvalue weighted by atomic mass is 10.1. The maximum absolute atomic E-state index is 5.89. The second-order valence-electron chi connectivity index (χ2n) is 4.47. The Bertz CT molecular complexity index is 521. The maximum atomic E-state index is 5.89. The van der Waals surface area contributed by atoms with Crippen molar-refractivity contribution in [1.29, 1.82) is 0 Å². The molecule has 0 heterocycles. The van der Waals surface area contributed by atoms with Crippen LogP contribution < -0.4 is 4.74 Å². The van der Waals surface area contributed by atoms with Gasteiger partial charge in [-0.15, -0.1) is 0 Å². The van der Waals surface area contributed by atoms with Gasteiger partial charge < -0.3 is 4.74 Å². The molecule has 94 valence electrons. The van der Waals surface area contributed by atoms with E-state index >= 15 is 0 Å². The van der Waals surface area contributed by atoms with Crippen molar-refractivity contribution >= 4 is 22.6 Å². The average molecular weight is 352 g/mol. The summed E-state index contributed by atoms with van der Waals surface area (Å²) >= 11 is 2.37. The van der Waals surface area contributed by atoms with Crippen molar-refractivity contribution in [2.45, 2.75) is 27.2 Å². The van der Waals surface area contributed by atoms with Crippen LogP contribution in [0.15, 0.2) is 36.4 Å². The number of halogens is 1. The zero-order chi connectivity index (χ0) is 13.1. The van der Waals surface area contributed by atoms with Crippen LogP contribution in [0.1, 0.15) is 23.6 Å². The minimum absolute atomic E-state index is 0.896. The van der Waals surface area contributed by atoms with Gasteiger partial charge in [0.15, 0.2) is 0 Å². The SMILES string of the molecule is CCc1ccc(Oc2cc(C)c(I)c(C)c2)cc1. The summed E-state index contributed by atoms with van der Waals surface area (Å²) in [6, 6.07) is 12.5. The summed E-state index contributed by atoms with van der Waals surface area (Å²) < 4.78 is 7.20. The molecule has 2 rings (SSSR count). The predicted molar refractivity (Wildman–Crippen MR) is 84.5 cm³/mol. The first kappa shape index (κ1) is 13.4. The Balaban J connectivity index is 2.23. The topological polar surface area (TPSA) is 9.23 Å². The molecule has 2 heteroatoms. The van der Waals surface area contributed by atoms with Gasteiger partial charge in [-0.3, -0.25) is 0 Å². The molecule has 0 aromatic heterocycles. The van der Waals surface area contributed by atoms with Gasteiger partial charge in [-0.05, 0) is 83.8 Å². The number of benzene rings is 2. The Morgan fingerprint density at radius 3 is 2.00 bits per heavy atom. The molecule has 2 aromatic rings. The lowest BCUT2D eigenvalue weighted by Crippen LogP contribution is -1.90. The van der Waals surface area contributed by atoms with Crippen LogP contribution in [0.5, 0.6) is 11.5 Å². The van der Waals surface area contributed by atoms with Crippen LogP contribution in [0.4, 0.5) is 0 Å². The summed E-state index contributed by atoms with van der Waals surface area (Å²) in [6.07, 6.45) is 1.06. The lowest BCUT2D eigenvalue weighted by Gasteiger charge is -2.10. The molecule has 0 N–H and O–H groups in total. The van der Waals surface area contributed by atoms with Crippen molar-refractivity contribution < 1.29 is 4.74 Å². The fourth-order valence-electron chi connectivity index (χ4n) is 1.89. The van der Waals surface area contributed by atoms with Crippen LogP contribution in [0.2, 0.25) is 0 Å². The number of rotatable bonds is 3. The Labute approximate surface area is 122 Å². The average Bonchev–Trinajstić information content (AvgIpc) is 2.37. The van der Waals surface area contributed by atoms with Crippen LogP contribution in [0.25, 0.3) is 0 Å². The lowest BCUT2D eigenvalue weighted by molar-refractivity contribution is 0.481. The Hall–Kier alpha value is -1.03. The summed E-state index contributed by atoms with van der Waals surface area (Å²) in [4.78, 5) is 0. The Morgan fingerprint density at radius 2 is 1.50 bits per heavy atom. The molecule has 0 saturated carbocycles. The van der Waals surface area contributed by atoms with Crippen LogP contribution in [0, 0.1) is 17.4 Å². The first-order chi connectivity index (χ1) is 8.60. The number of hydrogen-bond donors (Lipinski definition) is 0. The molecule has 0 spiro atoms. The van der Waals surface area contributed by atoms with E-state index in [-0.39, 0.29) is 0 Å². The van der Waals surface area contributed by atoms with Crippen molar-refractivity contribution in [2.24, 2.45) is 0 Å². The normalized spacial score (nSPS) is 10.4. The van der Waals surface area contributed by atoms with E-state index in [1.165, 1.54) is 20.3 Å². The number of ether oxygens (including phenoxy) is 1. The molecule has 18 heavy (non-hydrogen) atoms. The quantitative estimate of drug-likeness (QED) is 0.685. The van der Waals surface area contributed by atoms with Crippen molar-refractivity contribution in [3.05, 3.63) is 56.7 Å². The van der Waals surface area contributed by atoms with E-state index in [1.54, 1.807) is 0 Å². The standard InChI is InChI=1S/C16H17IO/c1-4-13-5-7-14(8-6-13)18-15-9-11(2)16(17)12(3)10-15/h5-10H,4H2,1-3H3. The van der Waals surface area contributed by atoms with Crippen LogP contribution in [-0.4, -0.2) is 0 Å². The van der Waals surface area contributed by atoms with Gasteiger partial charge in [0.25, 0.3) is 0 Å². The van der Waals surface area contributed by atoms with Crippen molar-refractivity contribution in [2.75, 3.05) is 0 Å². The van der Waals surface area contributed by atoms with Gasteiger partial charge in [0.2, 0.25) is 0 Å². The highest BCUT2D eigenvalue weighted by Crippen LogP contribution is 2.27. The Morgan fingerprint density at radius 1 is 0.944 bits per heavy atom. The summed E-state index contributed by atoms with van der Waals surface area (Å²) in [5.41, 5.74) is 3.85. The van der Waals surface area contributed by atoms with E-state index < -0.39 is 0 Å². The first-order valence-electron chi connectivity index (χ1n) is 6.13. The predicted octanol–water partition coefficient (Wildman–Crippen LogP) is 5.26. The summed E-state index contributed by atoms with van der Waals surface area (Å²) in [5.74, 6) is 1.81. The van der Waals surface area contributed by atoms with E-state index in [0.717, 1.165) is 17.9 Å². The molecule has 0 unspecified atom stereocenters. The molecule has 2 aromatic carbocycles. The third kappa shape index (κ3) is 3.05. The largest absolute Gasteiger partial charge is 0.457 e. The zero-order valence-electron chi connectivity index (χ0n) is 11.0. The fraction of sp³-hybridized carbons (Fsp3) is 0.250. The maximum Gasteiger partial charge on any atom is 0.128 e. The van der Waals surface area contributed by atoms with Gasteiger partial charge >= 0.3 is 0 Å². The van der Waals surface area contributed by atoms with Crippen molar-refractivity contribution in [3.63, 3.8) is 0 Å². The van der Waals surface area contributed by atoms with Gasteiger partial charge in [0.1, 0.15) is 11.5 Å². The molecule has 0 aliphatic heterocycles. The minimum atomic E-state index is 0.896. The highest BCUT2D eigenvalue weighted by atomic mass is 127. The molecule has 0 bridgehead atoms. The van der Waals surface area contributed by atoms with Crippen LogP contribution in [0.3, 0.4) is 0 Å². The minimum Gasteiger partial charge on any atom is -0.457 e. The summed E-state index contributed by atoms with van der Waals surface area (Å²) in [6.45, 7) is 6.38. The molecular formula is C16H17IO. The second-order valence-corrected chi connectivity index (χ2v) is 5.55. The molecule has 0 atom stereocenters. The van der Waals surface area contributed by atoms with Gasteiger partial charge in [-0.1, -0.05) is 19.1 Å². The first-order valence-corrected chi connectivity index (χ1v) is 7.21. The Kier molecular flexibility index (Phi) is 4.27. The van der Waals surface area contributed by atoms with Gasteiger partial charge in [-0.2, -0.15) is 0 Å². The molecular weight excluding hydrogens is 335 g/mol. The van der Waals surface area contributed by atoms with Crippen LogP contribution in [-0.2, 0) is 6.42 Å². The molecule has 0 amide bonds. The van der Waals surface area contributed by atoms with E-state index in [2.05, 4.69) is 67.6 Å².